The van der Waals surface area contributed by atoms with Crippen LogP contribution in [-0.4, -0.2) is 11.0 Å². The Hall–Kier alpha value is -1.90. The number of hydrogen-bond donors (Lipinski definition) is 0. The van der Waals surface area contributed by atoms with Gasteiger partial charge in [0.2, 0.25) is 0 Å². The van der Waals surface area contributed by atoms with E-state index < -0.39 is 0 Å². The fraction of sp³-hybridized carbons (Fsp3) is 0.357. The Balaban J connectivity index is 0.00000320. The summed E-state index contributed by atoms with van der Waals surface area (Å²) in [5.74, 6) is 0. The molecule has 0 N–H and O–H groups in total. The first-order valence-electron chi connectivity index (χ1n) is 11.3. The molecule has 160 valence electrons. The van der Waals surface area contributed by atoms with Crippen LogP contribution in [0, 0.1) is 0 Å². The van der Waals surface area contributed by atoms with E-state index in [9.17, 15) is 0 Å². The average Bonchev–Trinajstić information content (AvgIpc) is 2.76. The highest BCUT2D eigenvalue weighted by Crippen LogP contribution is 2.25. The molecular formula is C28H36BrN. The largest absolute Gasteiger partial charge is 1.00 e. The molecule has 0 spiro atoms. The van der Waals surface area contributed by atoms with Gasteiger partial charge < -0.3 is 21.5 Å². The summed E-state index contributed by atoms with van der Waals surface area (Å²) in [6.07, 6.45) is 6.66. The van der Waals surface area contributed by atoms with E-state index in [1.807, 2.05) is 0 Å². The van der Waals surface area contributed by atoms with Crippen LogP contribution in [0.3, 0.4) is 0 Å². The summed E-state index contributed by atoms with van der Waals surface area (Å²) in [5, 5.41) is 0. The molecule has 3 aromatic carbocycles. The predicted octanol–water partition coefficient (Wildman–Crippen LogP) is 4.38. The maximum absolute atomic E-state index is 2.29. The fourth-order valence-corrected chi connectivity index (χ4v) is 4.37. The minimum atomic E-state index is 0. The van der Waals surface area contributed by atoms with Crippen molar-refractivity contribution in [1.82, 2.24) is 0 Å². The van der Waals surface area contributed by atoms with Crippen molar-refractivity contribution < 1.29 is 21.5 Å². The number of halogens is 1. The second-order valence-corrected chi connectivity index (χ2v) is 8.41. The van der Waals surface area contributed by atoms with E-state index in [-0.39, 0.29) is 17.0 Å². The molecule has 0 bridgehead atoms. The molecule has 0 saturated heterocycles. The lowest BCUT2D eigenvalue weighted by molar-refractivity contribution is -0.966. The molecule has 0 saturated carbocycles. The summed E-state index contributed by atoms with van der Waals surface area (Å²) in [7, 11) is 0. The van der Waals surface area contributed by atoms with Crippen molar-refractivity contribution in [3.8, 4) is 0 Å². The maximum Gasteiger partial charge on any atom is 0.105 e. The van der Waals surface area contributed by atoms with Crippen molar-refractivity contribution in [2.75, 3.05) is 6.54 Å². The minimum absolute atomic E-state index is 0. The first kappa shape index (κ1) is 24.4. The Bertz CT molecular complexity index is 700. The Kier molecular flexibility index (Phi) is 10.9. The molecule has 0 fully saturated rings. The van der Waals surface area contributed by atoms with Crippen molar-refractivity contribution in [2.45, 2.75) is 58.7 Å². The fourth-order valence-electron chi connectivity index (χ4n) is 4.37. The van der Waals surface area contributed by atoms with Crippen LogP contribution in [0.25, 0.3) is 0 Å². The normalized spacial score (nSPS) is 11.1. The zero-order valence-electron chi connectivity index (χ0n) is 18.3. The molecule has 0 aliphatic rings. The molecule has 0 unspecified atom stereocenters. The lowest BCUT2D eigenvalue weighted by Crippen LogP contribution is -3.00. The van der Waals surface area contributed by atoms with E-state index in [4.69, 9.17) is 0 Å². The Morgan fingerprint density at radius 2 is 0.867 bits per heavy atom. The Morgan fingerprint density at radius 1 is 0.500 bits per heavy atom. The van der Waals surface area contributed by atoms with E-state index in [0.29, 0.717) is 0 Å². The summed E-state index contributed by atoms with van der Waals surface area (Å²) in [5.41, 5.74) is 4.31. The molecule has 0 aliphatic carbocycles. The number of benzene rings is 3. The SMILES string of the molecule is CCCCCCC[N+](Cc1ccccc1)(Cc1ccccc1)Cc1ccccc1.[Br-]. The van der Waals surface area contributed by atoms with Crippen LogP contribution in [0.15, 0.2) is 91.0 Å². The van der Waals surface area contributed by atoms with Crippen molar-refractivity contribution in [2.24, 2.45) is 0 Å². The van der Waals surface area contributed by atoms with Gasteiger partial charge in [-0.25, -0.2) is 0 Å². The van der Waals surface area contributed by atoms with Gasteiger partial charge in [0.05, 0.1) is 6.54 Å². The summed E-state index contributed by atoms with van der Waals surface area (Å²) < 4.78 is 1.09. The van der Waals surface area contributed by atoms with E-state index in [0.717, 1.165) is 24.1 Å². The highest BCUT2D eigenvalue weighted by molar-refractivity contribution is 5.17. The highest BCUT2D eigenvalue weighted by Gasteiger charge is 2.28. The molecule has 0 atom stereocenters. The van der Waals surface area contributed by atoms with E-state index >= 15 is 0 Å². The third kappa shape index (κ3) is 8.08. The van der Waals surface area contributed by atoms with Crippen molar-refractivity contribution in [1.29, 1.82) is 0 Å². The van der Waals surface area contributed by atoms with Gasteiger partial charge in [-0.1, -0.05) is 117 Å². The van der Waals surface area contributed by atoms with Gasteiger partial charge in [0.25, 0.3) is 0 Å². The molecule has 0 heterocycles. The lowest BCUT2D eigenvalue weighted by atomic mass is 10.0. The van der Waals surface area contributed by atoms with Gasteiger partial charge >= 0.3 is 0 Å². The van der Waals surface area contributed by atoms with Crippen LogP contribution in [0.2, 0.25) is 0 Å². The molecule has 2 heteroatoms. The molecule has 0 amide bonds. The second-order valence-electron chi connectivity index (χ2n) is 8.41. The highest BCUT2D eigenvalue weighted by atomic mass is 79.9. The average molecular weight is 467 g/mol. The van der Waals surface area contributed by atoms with Gasteiger partial charge in [-0.2, -0.15) is 0 Å². The van der Waals surface area contributed by atoms with Crippen LogP contribution < -0.4 is 17.0 Å². The first-order chi connectivity index (χ1) is 14.3. The smallest absolute Gasteiger partial charge is 0.105 e. The number of quaternary nitrogens is 1. The molecule has 1 nitrogen and oxygen atoms in total. The third-order valence-corrected chi connectivity index (χ3v) is 5.82. The Labute approximate surface area is 194 Å². The van der Waals surface area contributed by atoms with Crippen LogP contribution in [-0.2, 0) is 19.6 Å². The molecule has 0 radical (unpaired) electrons. The van der Waals surface area contributed by atoms with Gasteiger partial charge in [-0.15, -0.1) is 0 Å². The van der Waals surface area contributed by atoms with E-state index in [2.05, 4.69) is 97.9 Å². The van der Waals surface area contributed by atoms with Gasteiger partial charge in [-0.3, -0.25) is 0 Å². The van der Waals surface area contributed by atoms with E-state index in [1.165, 1.54) is 55.3 Å². The van der Waals surface area contributed by atoms with Crippen LogP contribution >= 0.6 is 0 Å². The molecule has 0 aromatic heterocycles. The van der Waals surface area contributed by atoms with Crippen LogP contribution in [0.4, 0.5) is 0 Å². The zero-order chi connectivity index (χ0) is 20.2. The minimum Gasteiger partial charge on any atom is -1.00 e. The third-order valence-electron chi connectivity index (χ3n) is 5.82. The number of rotatable bonds is 12. The van der Waals surface area contributed by atoms with Crippen molar-refractivity contribution >= 4 is 0 Å². The van der Waals surface area contributed by atoms with Gasteiger partial charge in [0.1, 0.15) is 19.6 Å². The molecule has 0 aliphatic heterocycles. The zero-order valence-corrected chi connectivity index (χ0v) is 19.9. The summed E-state index contributed by atoms with van der Waals surface area (Å²) >= 11 is 0. The number of hydrogen-bond acceptors (Lipinski definition) is 0. The quantitative estimate of drug-likeness (QED) is 0.275. The monoisotopic (exact) mass is 465 g/mol. The van der Waals surface area contributed by atoms with Gasteiger partial charge in [0, 0.05) is 16.7 Å². The lowest BCUT2D eigenvalue weighted by Gasteiger charge is -2.39. The Morgan fingerprint density at radius 3 is 1.23 bits per heavy atom. The second kappa shape index (κ2) is 13.4. The van der Waals surface area contributed by atoms with Crippen molar-refractivity contribution in [3.05, 3.63) is 108 Å². The number of nitrogens with zero attached hydrogens (tertiary/aromatic N) is 1. The molecule has 30 heavy (non-hydrogen) atoms. The van der Waals surface area contributed by atoms with Crippen LogP contribution in [0.5, 0.6) is 0 Å². The summed E-state index contributed by atoms with van der Waals surface area (Å²) in [6.45, 7) is 6.76. The molecule has 3 rings (SSSR count). The van der Waals surface area contributed by atoms with Gasteiger partial charge in [-0.05, 0) is 12.8 Å². The standard InChI is InChI=1S/C28H36N.BrH/c1-2-3-4-5-15-22-29(23-26-16-9-6-10-17-26,24-27-18-11-7-12-19-27)25-28-20-13-8-14-21-28;/h6-14,16-21H,2-5,15,22-25H2,1H3;1H/q+1;/p-1. The van der Waals surface area contributed by atoms with Gasteiger partial charge in [0.15, 0.2) is 0 Å². The predicted molar refractivity (Wildman–Crippen MR) is 124 cm³/mol. The topological polar surface area (TPSA) is 0 Å². The maximum atomic E-state index is 2.29. The molecular weight excluding hydrogens is 430 g/mol. The van der Waals surface area contributed by atoms with E-state index in [1.54, 1.807) is 0 Å². The first-order valence-corrected chi connectivity index (χ1v) is 11.3. The van der Waals surface area contributed by atoms with Crippen LogP contribution in [0.1, 0.15) is 55.7 Å². The summed E-state index contributed by atoms with van der Waals surface area (Å²) in [6, 6.07) is 33.2. The number of unbranched alkanes of at least 4 members (excludes halogenated alkanes) is 4. The summed E-state index contributed by atoms with van der Waals surface area (Å²) in [4.78, 5) is 0. The van der Waals surface area contributed by atoms with Crippen molar-refractivity contribution in [3.63, 3.8) is 0 Å². The molecule has 3 aromatic rings.